The molecular formula is C17H32N4O3. The Kier molecular flexibility index (Phi) is 7.51. The zero-order chi connectivity index (χ0) is 18.3. The number of piperidine rings is 1. The molecule has 0 aromatic heterocycles. The molecule has 1 heterocycles. The van der Waals surface area contributed by atoms with Crippen LogP contribution in [0.1, 0.15) is 60.3 Å². The summed E-state index contributed by atoms with van der Waals surface area (Å²) in [5, 5.41) is 8.03. The summed E-state index contributed by atoms with van der Waals surface area (Å²) in [4.78, 5) is 38.6. The van der Waals surface area contributed by atoms with Gasteiger partial charge in [-0.2, -0.15) is 0 Å². The molecular weight excluding hydrogens is 308 g/mol. The molecule has 0 aromatic rings. The number of amides is 4. The maximum Gasteiger partial charge on any atom is 0.315 e. The van der Waals surface area contributed by atoms with Crippen LogP contribution < -0.4 is 16.0 Å². The molecule has 3 N–H and O–H groups in total. The largest absolute Gasteiger partial charge is 0.343 e. The summed E-state index contributed by atoms with van der Waals surface area (Å²) >= 11 is 0. The van der Waals surface area contributed by atoms with Crippen molar-refractivity contribution in [2.45, 2.75) is 77.9 Å². The van der Waals surface area contributed by atoms with Crippen LogP contribution in [0.5, 0.6) is 0 Å². The Morgan fingerprint density at radius 3 is 2.50 bits per heavy atom. The lowest BCUT2D eigenvalue weighted by molar-refractivity contribution is -0.139. The number of carbonyl (C=O) groups is 3. The fourth-order valence-corrected chi connectivity index (χ4v) is 2.74. The van der Waals surface area contributed by atoms with E-state index >= 15 is 0 Å². The Balaban J connectivity index is 2.57. The van der Waals surface area contributed by atoms with Crippen molar-refractivity contribution in [3.8, 4) is 0 Å². The minimum absolute atomic E-state index is 0.0678. The summed E-state index contributed by atoms with van der Waals surface area (Å²) in [5.74, 6) is -0.443. The van der Waals surface area contributed by atoms with Crippen LogP contribution in [0.2, 0.25) is 0 Å². The standard InChI is InChI=1S/C17H32N4O3/c1-6-10-18-16(24)20-17(4,5)15(23)19-13(3)14(22)21-11-8-7-9-12(21)2/h12-13H,6-11H2,1-5H3,(H,19,23)(H2,18,20,24)/t12-,13-/m0/s1. The van der Waals surface area contributed by atoms with Crippen LogP contribution in [-0.4, -0.2) is 53.5 Å². The van der Waals surface area contributed by atoms with Crippen LogP contribution in [0.25, 0.3) is 0 Å². The van der Waals surface area contributed by atoms with Crippen LogP contribution in [0.4, 0.5) is 4.79 Å². The SMILES string of the molecule is CCCNC(=O)NC(C)(C)C(=O)N[C@@H](C)C(=O)N1CCCC[C@@H]1C. The highest BCUT2D eigenvalue weighted by Crippen LogP contribution is 2.17. The number of hydrogen-bond acceptors (Lipinski definition) is 3. The Labute approximate surface area is 144 Å². The fraction of sp³-hybridized carbons (Fsp3) is 0.824. The smallest absolute Gasteiger partial charge is 0.315 e. The molecule has 1 rings (SSSR count). The van der Waals surface area contributed by atoms with Crippen molar-refractivity contribution in [1.82, 2.24) is 20.9 Å². The van der Waals surface area contributed by atoms with E-state index in [0.717, 1.165) is 32.2 Å². The van der Waals surface area contributed by atoms with Crippen LogP contribution in [0.15, 0.2) is 0 Å². The summed E-state index contributed by atoms with van der Waals surface area (Å²) in [6.45, 7) is 10.2. The van der Waals surface area contributed by atoms with E-state index in [4.69, 9.17) is 0 Å². The topological polar surface area (TPSA) is 90.5 Å². The minimum Gasteiger partial charge on any atom is -0.343 e. The van der Waals surface area contributed by atoms with Gasteiger partial charge in [-0.05, 0) is 53.4 Å². The molecule has 0 radical (unpaired) electrons. The summed E-state index contributed by atoms with van der Waals surface area (Å²) in [6, 6.07) is -0.796. The highest BCUT2D eigenvalue weighted by atomic mass is 16.2. The molecule has 7 nitrogen and oxygen atoms in total. The van der Waals surface area contributed by atoms with Crippen LogP contribution in [0, 0.1) is 0 Å². The third-order valence-electron chi connectivity index (χ3n) is 4.33. The number of urea groups is 1. The number of rotatable bonds is 6. The predicted octanol–water partition coefficient (Wildman–Crippen LogP) is 1.38. The number of nitrogens with zero attached hydrogens (tertiary/aromatic N) is 1. The second-order valence-corrected chi connectivity index (χ2v) is 7.08. The Morgan fingerprint density at radius 1 is 1.25 bits per heavy atom. The molecule has 2 atom stereocenters. The van der Waals surface area contributed by atoms with Crippen molar-refractivity contribution in [2.24, 2.45) is 0 Å². The zero-order valence-electron chi connectivity index (χ0n) is 15.6. The van der Waals surface area contributed by atoms with Crippen molar-refractivity contribution in [1.29, 1.82) is 0 Å². The van der Waals surface area contributed by atoms with Gasteiger partial charge in [-0.1, -0.05) is 6.92 Å². The number of nitrogens with one attached hydrogen (secondary N) is 3. The van der Waals surface area contributed by atoms with Crippen molar-refractivity contribution in [3.05, 3.63) is 0 Å². The molecule has 138 valence electrons. The molecule has 1 saturated heterocycles. The van der Waals surface area contributed by atoms with E-state index in [2.05, 4.69) is 16.0 Å². The van der Waals surface area contributed by atoms with Gasteiger partial charge in [0.25, 0.3) is 0 Å². The second kappa shape index (κ2) is 8.89. The normalized spacial score (nSPS) is 19.4. The quantitative estimate of drug-likeness (QED) is 0.682. The second-order valence-electron chi connectivity index (χ2n) is 7.08. The van der Waals surface area contributed by atoms with E-state index in [-0.39, 0.29) is 23.9 Å². The van der Waals surface area contributed by atoms with Crippen molar-refractivity contribution in [3.63, 3.8) is 0 Å². The summed E-state index contributed by atoms with van der Waals surface area (Å²) in [5.41, 5.74) is -1.10. The van der Waals surface area contributed by atoms with Gasteiger partial charge in [0, 0.05) is 19.1 Å². The monoisotopic (exact) mass is 340 g/mol. The molecule has 0 saturated carbocycles. The van der Waals surface area contributed by atoms with Crippen molar-refractivity contribution >= 4 is 17.8 Å². The lowest BCUT2D eigenvalue weighted by atomic mass is 10.0. The summed E-state index contributed by atoms with van der Waals surface area (Å²) in [6.07, 6.45) is 3.95. The third-order valence-corrected chi connectivity index (χ3v) is 4.33. The number of carbonyl (C=O) groups excluding carboxylic acids is 3. The predicted molar refractivity (Wildman–Crippen MR) is 93.5 cm³/mol. The van der Waals surface area contributed by atoms with Gasteiger partial charge in [0.05, 0.1) is 0 Å². The molecule has 1 aliphatic rings. The Morgan fingerprint density at radius 2 is 1.92 bits per heavy atom. The summed E-state index contributed by atoms with van der Waals surface area (Å²) < 4.78 is 0. The molecule has 0 spiro atoms. The molecule has 7 heteroatoms. The van der Waals surface area contributed by atoms with Gasteiger partial charge in [-0.25, -0.2) is 4.79 Å². The molecule has 1 aliphatic heterocycles. The van der Waals surface area contributed by atoms with Gasteiger partial charge in [-0.15, -0.1) is 0 Å². The third kappa shape index (κ3) is 5.69. The highest BCUT2D eigenvalue weighted by Gasteiger charge is 2.33. The molecule has 24 heavy (non-hydrogen) atoms. The van der Waals surface area contributed by atoms with E-state index in [0.29, 0.717) is 6.54 Å². The first-order chi connectivity index (χ1) is 11.2. The van der Waals surface area contributed by atoms with Gasteiger partial charge in [-0.3, -0.25) is 9.59 Å². The zero-order valence-corrected chi connectivity index (χ0v) is 15.6. The summed E-state index contributed by atoms with van der Waals surface area (Å²) in [7, 11) is 0. The maximum absolute atomic E-state index is 12.5. The lowest BCUT2D eigenvalue weighted by Crippen LogP contribution is -2.60. The average molecular weight is 340 g/mol. The highest BCUT2D eigenvalue weighted by molar-refractivity contribution is 5.94. The molecule has 4 amide bonds. The van der Waals surface area contributed by atoms with Gasteiger partial charge >= 0.3 is 6.03 Å². The minimum atomic E-state index is -1.10. The molecule has 0 aromatic carbocycles. The number of hydrogen-bond donors (Lipinski definition) is 3. The van der Waals surface area contributed by atoms with Crippen molar-refractivity contribution < 1.29 is 14.4 Å². The number of likely N-dealkylation sites (tertiary alicyclic amines) is 1. The Hall–Kier alpha value is -1.79. The molecule has 1 fully saturated rings. The van der Waals surface area contributed by atoms with E-state index in [1.807, 2.05) is 18.7 Å². The fourth-order valence-electron chi connectivity index (χ4n) is 2.74. The van der Waals surface area contributed by atoms with Crippen LogP contribution >= 0.6 is 0 Å². The van der Waals surface area contributed by atoms with E-state index < -0.39 is 11.6 Å². The van der Waals surface area contributed by atoms with E-state index in [1.54, 1.807) is 20.8 Å². The first-order valence-electron chi connectivity index (χ1n) is 8.86. The average Bonchev–Trinajstić information content (AvgIpc) is 2.52. The van der Waals surface area contributed by atoms with Gasteiger partial charge in [0.15, 0.2) is 0 Å². The van der Waals surface area contributed by atoms with Gasteiger partial charge < -0.3 is 20.9 Å². The molecule has 0 aliphatic carbocycles. The first kappa shape index (κ1) is 20.3. The van der Waals surface area contributed by atoms with Crippen molar-refractivity contribution in [2.75, 3.05) is 13.1 Å². The lowest BCUT2D eigenvalue weighted by Gasteiger charge is -2.36. The maximum atomic E-state index is 12.5. The van der Waals surface area contributed by atoms with E-state index in [9.17, 15) is 14.4 Å². The molecule has 0 bridgehead atoms. The Bertz CT molecular complexity index is 465. The van der Waals surface area contributed by atoms with Crippen LogP contribution in [0.3, 0.4) is 0 Å². The van der Waals surface area contributed by atoms with Crippen LogP contribution in [-0.2, 0) is 9.59 Å². The first-order valence-corrected chi connectivity index (χ1v) is 8.86. The molecule has 0 unspecified atom stereocenters. The van der Waals surface area contributed by atoms with Gasteiger partial charge in [0.2, 0.25) is 11.8 Å². The van der Waals surface area contributed by atoms with E-state index in [1.165, 1.54) is 0 Å². The van der Waals surface area contributed by atoms with Gasteiger partial charge in [0.1, 0.15) is 11.6 Å².